The number of aromatic amines is 1. The topological polar surface area (TPSA) is 76.0 Å². The monoisotopic (exact) mass is 339 g/mol. The Balaban J connectivity index is 1.60. The number of methoxy groups -OCH3 is 1. The van der Waals surface area contributed by atoms with Crippen LogP contribution >= 0.6 is 0 Å². The van der Waals surface area contributed by atoms with Crippen LogP contribution in [0.3, 0.4) is 0 Å². The highest BCUT2D eigenvalue weighted by atomic mass is 16.5. The number of hydrogen-bond donors (Lipinski definition) is 1. The standard InChI is InChI=1S/C18H21N5O2/c1-22-17-14(10-19-22)18(24)21-16(20-17)11-23-9-3-4-15(23)12-5-7-13(25-2)8-6-12/h5-8,10,15H,3-4,9,11H2,1-2H3,(H,20,21,24). The maximum absolute atomic E-state index is 12.2. The first-order chi connectivity index (χ1) is 12.2. The molecule has 7 heteroatoms. The third-order valence-corrected chi connectivity index (χ3v) is 4.87. The molecule has 1 fully saturated rings. The zero-order chi connectivity index (χ0) is 17.4. The first-order valence-electron chi connectivity index (χ1n) is 8.44. The number of benzene rings is 1. The summed E-state index contributed by atoms with van der Waals surface area (Å²) in [5.74, 6) is 1.54. The Labute approximate surface area is 145 Å². The Morgan fingerprint density at radius 2 is 2.12 bits per heavy atom. The summed E-state index contributed by atoms with van der Waals surface area (Å²) in [4.78, 5) is 22.1. The zero-order valence-corrected chi connectivity index (χ0v) is 14.4. The minimum absolute atomic E-state index is 0.131. The number of likely N-dealkylation sites (tertiary alicyclic amines) is 1. The quantitative estimate of drug-likeness (QED) is 0.787. The third kappa shape index (κ3) is 2.91. The highest BCUT2D eigenvalue weighted by Crippen LogP contribution is 2.33. The number of aromatic nitrogens is 4. The maximum atomic E-state index is 12.2. The molecule has 0 spiro atoms. The van der Waals surface area contributed by atoms with Crippen LogP contribution in [0.15, 0.2) is 35.3 Å². The van der Waals surface area contributed by atoms with Gasteiger partial charge in [0.2, 0.25) is 0 Å². The van der Waals surface area contributed by atoms with E-state index in [0.717, 1.165) is 25.1 Å². The fourth-order valence-corrected chi connectivity index (χ4v) is 3.56. The van der Waals surface area contributed by atoms with Gasteiger partial charge in [-0.15, -0.1) is 0 Å². The van der Waals surface area contributed by atoms with E-state index in [1.807, 2.05) is 12.1 Å². The van der Waals surface area contributed by atoms with Gasteiger partial charge in [0.25, 0.3) is 5.56 Å². The fraction of sp³-hybridized carbons (Fsp3) is 0.389. The van der Waals surface area contributed by atoms with Crippen molar-refractivity contribution in [2.75, 3.05) is 13.7 Å². The van der Waals surface area contributed by atoms with Crippen molar-refractivity contribution in [3.8, 4) is 5.75 Å². The van der Waals surface area contributed by atoms with E-state index in [1.165, 1.54) is 5.56 Å². The second-order valence-corrected chi connectivity index (χ2v) is 6.42. The van der Waals surface area contributed by atoms with Crippen molar-refractivity contribution in [3.63, 3.8) is 0 Å². The summed E-state index contributed by atoms with van der Waals surface area (Å²) in [6.45, 7) is 1.61. The lowest BCUT2D eigenvalue weighted by atomic mass is 10.0. The van der Waals surface area contributed by atoms with Gasteiger partial charge >= 0.3 is 0 Å². The van der Waals surface area contributed by atoms with Gasteiger partial charge in [0.05, 0.1) is 19.9 Å². The summed E-state index contributed by atoms with van der Waals surface area (Å²) in [6, 6.07) is 8.55. The summed E-state index contributed by atoms with van der Waals surface area (Å²) in [5.41, 5.74) is 1.76. The summed E-state index contributed by atoms with van der Waals surface area (Å²) in [5, 5.41) is 4.64. The molecule has 0 bridgehead atoms. The Kier molecular flexibility index (Phi) is 4.01. The molecule has 1 aliphatic rings. The number of fused-ring (bicyclic) bond motifs is 1. The van der Waals surface area contributed by atoms with Crippen LogP contribution in [0.2, 0.25) is 0 Å². The fourth-order valence-electron chi connectivity index (χ4n) is 3.56. The first-order valence-corrected chi connectivity index (χ1v) is 8.44. The molecule has 130 valence electrons. The van der Waals surface area contributed by atoms with Crippen LogP contribution in [0.1, 0.15) is 30.3 Å². The minimum atomic E-state index is -0.131. The summed E-state index contributed by atoms with van der Waals surface area (Å²) < 4.78 is 6.88. The molecule has 4 rings (SSSR count). The van der Waals surface area contributed by atoms with E-state index in [1.54, 1.807) is 25.0 Å². The number of hydrogen-bond acceptors (Lipinski definition) is 5. The van der Waals surface area contributed by atoms with Crippen molar-refractivity contribution in [3.05, 3.63) is 52.2 Å². The number of H-pyrrole nitrogens is 1. The van der Waals surface area contributed by atoms with Crippen molar-refractivity contribution < 1.29 is 4.74 Å². The van der Waals surface area contributed by atoms with Gasteiger partial charge < -0.3 is 9.72 Å². The molecule has 0 radical (unpaired) electrons. The smallest absolute Gasteiger partial charge is 0.262 e. The molecule has 1 unspecified atom stereocenters. The van der Waals surface area contributed by atoms with E-state index < -0.39 is 0 Å². The van der Waals surface area contributed by atoms with Gasteiger partial charge in [0.15, 0.2) is 5.65 Å². The zero-order valence-electron chi connectivity index (χ0n) is 14.4. The molecule has 0 saturated carbocycles. The van der Waals surface area contributed by atoms with Gasteiger partial charge in [0.1, 0.15) is 17.0 Å². The Bertz CT molecular complexity index is 944. The maximum Gasteiger partial charge on any atom is 0.262 e. The highest BCUT2D eigenvalue weighted by Gasteiger charge is 2.26. The lowest BCUT2D eigenvalue weighted by molar-refractivity contribution is 0.242. The second-order valence-electron chi connectivity index (χ2n) is 6.42. The molecule has 1 aromatic carbocycles. The van der Waals surface area contributed by atoms with E-state index >= 15 is 0 Å². The molecule has 0 aliphatic carbocycles. The normalized spacial score (nSPS) is 18.1. The number of nitrogens with one attached hydrogen (secondary N) is 1. The number of ether oxygens (including phenoxy) is 1. The molecule has 1 aliphatic heterocycles. The first kappa shape index (κ1) is 15.8. The molecule has 1 N–H and O–H groups in total. The molecule has 7 nitrogen and oxygen atoms in total. The third-order valence-electron chi connectivity index (χ3n) is 4.87. The highest BCUT2D eigenvalue weighted by molar-refractivity contribution is 5.72. The summed E-state index contributed by atoms with van der Waals surface area (Å²) >= 11 is 0. The van der Waals surface area contributed by atoms with Gasteiger partial charge in [-0.3, -0.25) is 14.4 Å². The average molecular weight is 339 g/mol. The second kappa shape index (κ2) is 6.33. The Morgan fingerprint density at radius 3 is 2.88 bits per heavy atom. The largest absolute Gasteiger partial charge is 0.497 e. The molecule has 1 saturated heterocycles. The van der Waals surface area contributed by atoms with E-state index in [-0.39, 0.29) is 5.56 Å². The van der Waals surface area contributed by atoms with Crippen molar-refractivity contribution in [1.82, 2.24) is 24.6 Å². The van der Waals surface area contributed by atoms with Crippen molar-refractivity contribution >= 4 is 11.0 Å². The molecule has 25 heavy (non-hydrogen) atoms. The minimum Gasteiger partial charge on any atom is -0.497 e. The molecular formula is C18H21N5O2. The average Bonchev–Trinajstić information content (AvgIpc) is 3.23. The van der Waals surface area contributed by atoms with E-state index in [4.69, 9.17) is 4.74 Å². The predicted molar refractivity (Wildman–Crippen MR) is 94.5 cm³/mol. The lowest BCUT2D eigenvalue weighted by Crippen LogP contribution is -2.25. The molecular weight excluding hydrogens is 318 g/mol. The van der Waals surface area contributed by atoms with Crippen LogP contribution in [0, 0.1) is 0 Å². The molecule has 3 aromatic rings. The van der Waals surface area contributed by atoms with Gasteiger partial charge in [-0.2, -0.15) is 5.10 Å². The Hall–Kier alpha value is -2.67. The number of nitrogens with zero attached hydrogens (tertiary/aromatic N) is 4. The van der Waals surface area contributed by atoms with Crippen LogP contribution in [-0.2, 0) is 13.6 Å². The molecule has 1 atom stereocenters. The SMILES string of the molecule is COc1ccc(C2CCCN2Cc2nc3c(cnn3C)c(=O)[nH]2)cc1. The molecule has 3 heterocycles. The van der Waals surface area contributed by atoms with E-state index in [9.17, 15) is 4.79 Å². The summed E-state index contributed by atoms with van der Waals surface area (Å²) in [6.07, 6.45) is 3.79. The van der Waals surface area contributed by atoms with Gasteiger partial charge in [-0.1, -0.05) is 12.1 Å². The summed E-state index contributed by atoms with van der Waals surface area (Å²) in [7, 11) is 3.47. The number of aryl methyl sites for hydroxylation is 1. The van der Waals surface area contributed by atoms with Crippen LogP contribution < -0.4 is 10.3 Å². The van der Waals surface area contributed by atoms with Gasteiger partial charge in [0, 0.05) is 13.1 Å². The molecule has 0 amide bonds. The number of rotatable bonds is 4. The van der Waals surface area contributed by atoms with Crippen LogP contribution in [0.25, 0.3) is 11.0 Å². The van der Waals surface area contributed by atoms with Crippen LogP contribution in [0.4, 0.5) is 0 Å². The van der Waals surface area contributed by atoms with Crippen molar-refractivity contribution in [2.45, 2.75) is 25.4 Å². The van der Waals surface area contributed by atoms with E-state index in [0.29, 0.717) is 29.4 Å². The lowest BCUT2D eigenvalue weighted by Gasteiger charge is -2.24. The van der Waals surface area contributed by atoms with Crippen LogP contribution in [0.5, 0.6) is 5.75 Å². The van der Waals surface area contributed by atoms with Gasteiger partial charge in [-0.05, 0) is 37.1 Å². The van der Waals surface area contributed by atoms with Crippen molar-refractivity contribution in [2.24, 2.45) is 7.05 Å². The van der Waals surface area contributed by atoms with Gasteiger partial charge in [-0.25, -0.2) is 4.98 Å². The Morgan fingerprint density at radius 1 is 1.32 bits per heavy atom. The van der Waals surface area contributed by atoms with E-state index in [2.05, 4.69) is 32.1 Å². The van der Waals surface area contributed by atoms with Crippen LogP contribution in [-0.4, -0.2) is 38.3 Å². The predicted octanol–water partition coefficient (Wildman–Crippen LogP) is 2.00. The van der Waals surface area contributed by atoms with Crippen molar-refractivity contribution in [1.29, 1.82) is 0 Å². The molecule has 2 aromatic heterocycles.